The van der Waals surface area contributed by atoms with Gasteiger partial charge in [-0.25, -0.2) is 8.78 Å². The van der Waals surface area contributed by atoms with Gasteiger partial charge in [0.15, 0.2) is 11.6 Å². The van der Waals surface area contributed by atoms with Gasteiger partial charge in [0.05, 0.1) is 0 Å². The zero-order valence-electron chi connectivity index (χ0n) is 11.7. The largest absolute Gasteiger partial charge is 0.343 e. The molecule has 3 rings (SSSR count). The van der Waals surface area contributed by atoms with Crippen molar-refractivity contribution in [2.75, 3.05) is 7.05 Å². The summed E-state index contributed by atoms with van der Waals surface area (Å²) in [4.78, 5) is 0. The highest BCUT2D eigenvalue weighted by Gasteiger charge is 2.09. The van der Waals surface area contributed by atoms with Crippen LogP contribution in [0, 0.1) is 11.6 Å². The summed E-state index contributed by atoms with van der Waals surface area (Å²) in [7, 11) is 1.90. The predicted octanol–water partition coefficient (Wildman–Crippen LogP) is 3.69. The lowest BCUT2D eigenvalue weighted by Crippen LogP contribution is -2.04. The SMILES string of the molecule is CNCc1cn(Cc2ccc(F)c(F)c2)c2ccccc12. The fraction of sp³-hybridized carbons (Fsp3) is 0.176. The predicted molar refractivity (Wildman–Crippen MR) is 80.2 cm³/mol. The summed E-state index contributed by atoms with van der Waals surface area (Å²) in [6, 6.07) is 12.1. The highest BCUT2D eigenvalue weighted by atomic mass is 19.2. The minimum absolute atomic E-state index is 0.515. The molecule has 0 spiro atoms. The number of rotatable bonds is 4. The van der Waals surface area contributed by atoms with Crippen LogP contribution in [0.4, 0.5) is 8.78 Å². The molecule has 0 saturated heterocycles. The Hall–Kier alpha value is -2.20. The van der Waals surface area contributed by atoms with Gasteiger partial charge in [-0.1, -0.05) is 24.3 Å². The van der Waals surface area contributed by atoms with E-state index in [1.54, 1.807) is 6.07 Å². The second kappa shape index (κ2) is 5.66. The maximum atomic E-state index is 13.3. The van der Waals surface area contributed by atoms with E-state index in [1.165, 1.54) is 23.1 Å². The number of para-hydroxylation sites is 1. The van der Waals surface area contributed by atoms with Crippen molar-refractivity contribution < 1.29 is 8.78 Å². The Morgan fingerprint density at radius 3 is 2.62 bits per heavy atom. The molecular weight excluding hydrogens is 270 g/mol. The van der Waals surface area contributed by atoms with Gasteiger partial charge in [0.25, 0.3) is 0 Å². The van der Waals surface area contributed by atoms with E-state index >= 15 is 0 Å². The van der Waals surface area contributed by atoms with Gasteiger partial charge in [0.1, 0.15) is 0 Å². The molecule has 3 aromatic rings. The molecule has 0 aliphatic rings. The number of fused-ring (bicyclic) bond motifs is 1. The van der Waals surface area contributed by atoms with E-state index in [2.05, 4.69) is 22.1 Å². The van der Waals surface area contributed by atoms with Crippen LogP contribution in [0.25, 0.3) is 10.9 Å². The van der Waals surface area contributed by atoms with Crippen molar-refractivity contribution in [3.63, 3.8) is 0 Å². The van der Waals surface area contributed by atoms with Gasteiger partial charge in [-0.15, -0.1) is 0 Å². The summed E-state index contributed by atoms with van der Waals surface area (Å²) in [5.74, 6) is -1.62. The number of halogens is 2. The van der Waals surface area contributed by atoms with Crippen molar-refractivity contribution in [1.82, 2.24) is 9.88 Å². The molecule has 0 aliphatic carbocycles. The molecule has 4 heteroatoms. The van der Waals surface area contributed by atoms with Gasteiger partial charge in [-0.3, -0.25) is 0 Å². The maximum absolute atomic E-state index is 13.3. The van der Waals surface area contributed by atoms with Crippen molar-refractivity contribution in [2.24, 2.45) is 0 Å². The average Bonchev–Trinajstić information content (AvgIpc) is 2.82. The van der Waals surface area contributed by atoms with Crippen LogP contribution in [-0.4, -0.2) is 11.6 Å². The fourth-order valence-corrected chi connectivity index (χ4v) is 2.62. The molecule has 1 N–H and O–H groups in total. The highest BCUT2D eigenvalue weighted by molar-refractivity contribution is 5.84. The summed E-state index contributed by atoms with van der Waals surface area (Å²) in [5.41, 5.74) is 3.02. The van der Waals surface area contributed by atoms with Crippen molar-refractivity contribution in [3.8, 4) is 0 Å². The van der Waals surface area contributed by atoms with E-state index in [-0.39, 0.29) is 0 Å². The van der Waals surface area contributed by atoms with Gasteiger partial charge < -0.3 is 9.88 Å². The van der Waals surface area contributed by atoms with E-state index in [0.29, 0.717) is 6.54 Å². The summed E-state index contributed by atoms with van der Waals surface area (Å²) in [5, 5.41) is 4.32. The molecule has 1 aromatic heterocycles. The van der Waals surface area contributed by atoms with E-state index in [4.69, 9.17) is 0 Å². The molecule has 2 nitrogen and oxygen atoms in total. The summed E-state index contributed by atoms with van der Waals surface area (Å²) < 4.78 is 28.4. The first-order valence-corrected chi connectivity index (χ1v) is 6.84. The topological polar surface area (TPSA) is 17.0 Å². The van der Waals surface area contributed by atoms with Crippen LogP contribution in [0.5, 0.6) is 0 Å². The van der Waals surface area contributed by atoms with Crippen LogP contribution in [-0.2, 0) is 13.1 Å². The van der Waals surface area contributed by atoms with Crippen LogP contribution in [0.1, 0.15) is 11.1 Å². The van der Waals surface area contributed by atoms with Gasteiger partial charge in [-0.2, -0.15) is 0 Å². The van der Waals surface area contributed by atoms with Crippen molar-refractivity contribution in [1.29, 1.82) is 0 Å². The zero-order valence-corrected chi connectivity index (χ0v) is 11.7. The number of hydrogen-bond acceptors (Lipinski definition) is 1. The Bertz CT molecular complexity index is 778. The van der Waals surface area contributed by atoms with E-state index in [9.17, 15) is 8.78 Å². The van der Waals surface area contributed by atoms with Gasteiger partial charge in [0.2, 0.25) is 0 Å². The molecule has 0 bridgehead atoms. The smallest absolute Gasteiger partial charge is 0.159 e. The maximum Gasteiger partial charge on any atom is 0.159 e. The summed E-state index contributed by atoms with van der Waals surface area (Å²) >= 11 is 0. The number of nitrogens with one attached hydrogen (secondary N) is 1. The number of aromatic nitrogens is 1. The fourth-order valence-electron chi connectivity index (χ4n) is 2.62. The number of benzene rings is 2. The summed E-state index contributed by atoms with van der Waals surface area (Å²) in [6.07, 6.45) is 2.06. The Balaban J connectivity index is 2.01. The zero-order chi connectivity index (χ0) is 14.8. The second-order valence-electron chi connectivity index (χ2n) is 5.08. The normalized spacial score (nSPS) is 11.2. The molecule has 0 atom stereocenters. The lowest BCUT2D eigenvalue weighted by atomic mass is 10.2. The van der Waals surface area contributed by atoms with Gasteiger partial charge in [-0.05, 0) is 36.4 Å². The van der Waals surface area contributed by atoms with E-state index in [1.807, 2.05) is 25.2 Å². The monoisotopic (exact) mass is 286 g/mol. The van der Waals surface area contributed by atoms with E-state index < -0.39 is 11.6 Å². The van der Waals surface area contributed by atoms with Gasteiger partial charge >= 0.3 is 0 Å². The minimum atomic E-state index is -0.813. The van der Waals surface area contributed by atoms with Crippen LogP contribution in [0.2, 0.25) is 0 Å². The van der Waals surface area contributed by atoms with Crippen molar-refractivity contribution in [3.05, 3.63) is 71.4 Å². The second-order valence-corrected chi connectivity index (χ2v) is 5.08. The summed E-state index contributed by atoms with van der Waals surface area (Å²) in [6.45, 7) is 1.28. The Morgan fingerprint density at radius 1 is 1.05 bits per heavy atom. The molecular formula is C17H16F2N2. The third kappa shape index (κ3) is 2.67. The number of nitrogens with zero attached hydrogens (tertiary/aromatic N) is 1. The Labute approximate surface area is 122 Å². The highest BCUT2D eigenvalue weighted by Crippen LogP contribution is 2.22. The molecule has 1 heterocycles. The minimum Gasteiger partial charge on any atom is -0.343 e. The van der Waals surface area contributed by atoms with Crippen molar-refractivity contribution >= 4 is 10.9 Å². The molecule has 0 saturated carbocycles. The standard InChI is InChI=1S/C17H16F2N2/c1-20-9-13-11-21(17-5-3-2-4-14(13)17)10-12-6-7-15(18)16(19)8-12/h2-8,11,20H,9-10H2,1H3. The Morgan fingerprint density at radius 2 is 1.86 bits per heavy atom. The molecule has 2 aromatic carbocycles. The van der Waals surface area contributed by atoms with Gasteiger partial charge in [0, 0.05) is 30.2 Å². The van der Waals surface area contributed by atoms with E-state index in [0.717, 1.165) is 17.6 Å². The molecule has 0 fully saturated rings. The Kier molecular flexibility index (Phi) is 3.71. The quantitative estimate of drug-likeness (QED) is 0.774. The third-order valence-electron chi connectivity index (χ3n) is 3.58. The lowest BCUT2D eigenvalue weighted by molar-refractivity contribution is 0.506. The molecule has 21 heavy (non-hydrogen) atoms. The van der Waals surface area contributed by atoms with Crippen LogP contribution < -0.4 is 5.32 Å². The first-order valence-electron chi connectivity index (χ1n) is 6.84. The average molecular weight is 286 g/mol. The van der Waals surface area contributed by atoms with Crippen LogP contribution in [0.3, 0.4) is 0 Å². The first-order chi connectivity index (χ1) is 10.2. The number of hydrogen-bond donors (Lipinski definition) is 1. The third-order valence-corrected chi connectivity index (χ3v) is 3.58. The van der Waals surface area contributed by atoms with Crippen LogP contribution >= 0.6 is 0 Å². The lowest BCUT2D eigenvalue weighted by Gasteiger charge is -2.06. The first kappa shape index (κ1) is 13.8. The molecule has 108 valence electrons. The molecule has 0 radical (unpaired) electrons. The molecule has 0 amide bonds. The molecule has 0 aliphatic heterocycles. The van der Waals surface area contributed by atoms with Crippen LogP contribution in [0.15, 0.2) is 48.7 Å². The molecule has 0 unspecified atom stereocenters. The van der Waals surface area contributed by atoms with Crippen molar-refractivity contribution in [2.45, 2.75) is 13.1 Å².